The molecule has 1 atom stereocenters. The molecule has 32 heavy (non-hydrogen) atoms. The van der Waals surface area contributed by atoms with Crippen molar-refractivity contribution in [3.8, 4) is 0 Å². The normalized spacial score (nSPS) is 23.9. The molecule has 0 amide bonds. The van der Waals surface area contributed by atoms with E-state index in [1.807, 2.05) is 0 Å². The number of sulfonamides is 1. The predicted octanol–water partition coefficient (Wildman–Crippen LogP) is 3.07. The third-order valence-corrected chi connectivity index (χ3v) is 8.66. The number of nitrogens with one attached hydrogen (secondary N) is 1. The minimum absolute atomic E-state index is 0.00721. The van der Waals surface area contributed by atoms with E-state index in [-0.39, 0.29) is 17.5 Å². The van der Waals surface area contributed by atoms with E-state index in [1.165, 1.54) is 27.4 Å². The molecule has 5 rings (SSSR count). The summed E-state index contributed by atoms with van der Waals surface area (Å²) in [6, 6.07) is 1.09. The molecule has 1 spiro atoms. The number of pyridine rings is 1. The number of piperidine rings is 1. The fourth-order valence-electron chi connectivity index (χ4n) is 5.44. The fraction of sp³-hybridized carbons (Fsp3) is 0.667. The van der Waals surface area contributed by atoms with Crippen LogP contribution in [0, 0.1) is 5.41 Å². The summed E-state index contributed by atoms with van der Waals surface area (Å²) in [7, 11) is -3.21. The molecule has 2 aromatic heterocycles. The molecule has 1 N–H and O–H groups in total. The smallest absolute Gasteiger partial charge is 0.269 e. The number of rotatable bonds is 5. The highest BCUT2D eigenvalue weighted by molar-refractivity contribution is 7.88. The summed E-state index contributed by atoms with van der Waals surface area (Å²) in [6.07, 6.45) is 5.87. The second-order valence-electron chi connectivity index (χ2n) is 9.40. The van der Waals surface area contributed by atoms with Crippen LogP contribution < -0.4 is 10.9 Å². The van der Waals surface area contributed by atoms with E-state index in [1.54, 1.807) is 0 Å². The topological polar surface area (TPSA) is 97.2 Å². The summed E-state index contributed by atoms with van der Waals surface area (Å²) in [4.78, 5) is 22.0. The molecule has 2 aromatic rings. The summed E-state index contributed by atoms with van der Waals surface area (Å²) < 4.78 is 53.6. The summed E-state index contributed by atoms with van der Waals surface area (Å²) in [5, 5.41) is 3.68. The van der Waals surface area contributed by atoms with Crippen molar-refractivity contribution in [2.75, 3.05) is 24.7 Å². The van der Waals surface area contributed by atoms with Gasteiger partial charge in [0, 0.05) is 36.8 Å². The van der Waals surface area contributed by atoms with Crippen LogP contribution in [0.1, 0.15) is 63.0 Å². The van der Waals surface area contributed by atoms with Crippen molar-refractivity contribution in [2.45, 2.75) is 63.5 Å². The number of halogens is 2. The largest absolute Gasteiger partial charge is 0.351 e. The van der Waals surface area contributed by atoms with Crippen LogP contribution in [0.25, 0.3) is 11.0 Å². The molecular formula is C21H27F2N5O3S. The van der Waals surface area contributed by atoms with Gasteiger partial charge in [-0.25, -0.2) is 26.5 Å². The predicted molar refractivity (Wildman–Crippen MR) is 116 cm³/mol. The Morgan fingerprint density at radius 1 is 1.19 bits per heavy atom. The Balaban J connectivity index is 1.49. The van der Waals surface area contributed by atoms with E-state index in [0.29, 0.717) is 42.9 Å². The molecule has 1 aliphatic heterocycles. The second kappa shape index (κ2) is 7.72. The summed E-state index contributed by atoms with van der Waals surface area (Å²) in [6.45, 7) is 0.828. The van der Waals surface area contributed by atoms with Gasteiger partial charge in [-0.1, -0.05) is 6.42 Å². The third-order valence-electron chi connectivity index (χ3n) is 7.36. The van der Waals surface area contributed by atoms with Crippen molar-refractivity contribution in [3.05, 3.63) is 28.2 Å². The van der Waals surface area contributed by atoms with E-state index in [9.17, 15) is 22.0 Å². The van der Waals surface area contributed by atoms with E-state index in [0.717, 1.165) is 32.1 Å². The van der Waals surface area contributed by atoms with Crippen molar-refractivity contribution in [3.63, 3.8) is 0 Å². The van der Waals surface area contributed by atoms with Gasteiger partial charge in [-0.3, -0.25) is 9.36 Å². The standard InChI is InChI=1S/C21H27F2N5O3S/c1-32(30,31)27-9-4-14(5-10-27)25-20-24-12-13-11-15(17(22)23)19(29)28(18(13)26-20)16-3-2-6-21(16)7-8-21/h11-12,14,16-17H,2-10H2,1H3,(H,24,25,26)/t16-/m1/s1. The Kier molecular flexibility index (Phi) is 5.23. The van der Waals surface area contributed by atoms with Crippen molar-refractivity contribution in [1.29, 1.82) is 0 Å². The SMILES string of the molecule is CS(=O)(=O)N1CCC(Nc2ncc3cc(C(F)F)c(=O)n([C@@H]4CCCC45CC5)c3n2)CC1. The van der Waals surface area contributed by atoms with Gasteiger partial charge in [-0.05, 0) is 50.0 Å². The van der Waals surface area contributed by atoms with Crippen LogP contribution in [0.5, 0.6) is 0 Å². The molecule has 0 aromatic carbocycles. The van der Waals surface area contributed by atoms with Crippen LogP contribution in [0.3, 0.4) is 0 Å². The van der Waals surface area contributed by atoms with Gasteiger partial charge in [-0.2, -0.15) is 4.98 Å². The average Bonchev–Trinajstić information content (AvgIpc) is 3.40. The molecule has 174 valence electrons. The number of alkyl halides is 2. The number of hydrogen-bond donors (Lipinski definition) is 1. The first-order chi connectivity index (χ1) is 15.2. The van der Waals surface area contributed by atoms with Gasteiger partial charge in [0.2, 0.25) is 16.0 Å². The Hall–Kier alpha value is -2.14. The lowest BCUT2D eigenvalue weighted by Crippen LogP contribution is -2.42. The maximum atomic E-state index is 13.6. The number of aromatic nitrogens is 3. The molecule has 0 unspecified atom stereocenters. The van der Waals surface area contributed by atoms with Gasteiger partial charge >= 0.3 is 0 Å². The number of hydrogen-bond acceptors (Lipinski definition) is 6. The molecule has 2 saturated carbocycles. The maximum absolute atomic E-state index is 13.6. The molecular weight excluding hydrogens is 440 g/mol. The summed E-state index contributed by atoms with van der Waals surface area (Å²) in [5.41, 5.74) is -0.729. The van der Waals surface area contributed by atoms with Crippen LogP contribution in [0.15, 0.2) is 17.1 Å². The van der Waals surface area contributed by atoms with Crippen molar-refractivity contribution < 1.29 is 17.2 Å². The number of fused-ring (bicyclic) bond motifs is 1. The van der Waals surface area contributed by atoms with Crippen LogP contribution in [-0.2, 0) is 10.0 Å². The molecule has 2 aliphatic carbocycles. The van der Waals surface area contributed by atoms with Crippen LogP contribution in [-0.4, -0.2) is 52.6 Å². The highest BCUT2D eigenvalue weighted by Crippen LogP contribution is 2.63. The maximum Gasteiger partial charge on any atom is 0.269 e. The Bertz CT molecular complexity index is 1200. The molecule has 3 heterocycles. The number of nitrogens with zero attached hydrogens (tertiary/aromatic N) is 4. The highest BCUT2D eigenvalue weighted by atomic mass is 32.2. The van der Waals surface area contributed by atoms with Crippen LogP contribution >= 0.6 is 0 Å². The second-order valence-corrected chi connectivity index (χ2v) is 11.4. The van der Waals surface area contributed by atoms with E-state index >= 15 is 0 Å². The Morgan fingerprint density at radius 3 is 2.53 bits per heavy atom. The quantitative estimate of drug-likeness (QED) is 0.726. The Morgan fingerprint density at radius 2 is 1.91 bits per heavy atom. The molecule has 0 radical (unpaired) electrons. The lowest BCUT2D eigenvalue weighted by atomic mass is 9.99. The lowest BCUT2D eigenvalue weighted by molar-refractivity contribution is 0.148. The van der Waals surface area contributed by atoms with Gasteiger partial charge in [0.25, 0.3) is 12.0 Å². The van der Waals surface area contributed by atoms with Gasteiger partial charge in [-0.15, -0.1) is 0 Å². The van der Waals surface area contributed by atoms with Crippen molar-refractivity contribution >= 4 is 27.0 Å². The van der Waals surface area contributed by atoms with Gasteiger partial charge in [0.1, 0.15) is 5.65 Å². The highest BCUT2D eigenvalue weighted by Gasteiger charge is 2.53. The molecule has 11 heteroatoms. The average molecular weight is 468 g/mol. The van der Waals surface area contributed by atoms with Crippen molar-refractivity contribution in [2.24, 2.45) is 5.41 Å². The summed E-state index contributed by atoms with van der Waals surface area (Å²) >= 11 is 0. The first kappa shape index (κ1) is 21.7. The molecule has 0 bridgehead atoms. The molecule has 3 aliphatic rings. The Labute approximate surface area is 185 Å². The number of anilines is 1. The molecule has 1 saturated heterocycles. The van der Waals surface area contributed by atoms with E-state index in [2.05, 4.69) is 15.3 Å². The molecule has 3 fully saturated rings. The minimum atomic E-state index is -3.21. The van der Waals surface area contributed by atoms with E-state index < -0.39 is 27.6 Å². The minimum Gasteiger partial charge on any atom is -0.351 e. The van der Waals surface area contributed by atoms with Crippen LogP contribution in [0.2, 0.25) is 0 Å². The van der Waals surface area contributed by atoms with Gasteiger partial charge < -0.3 is 5.32 Å². The zero-order valence-corrected chi connectivity index (χ0v) is 18.7. The molecule has 8 nitrogen and oxygen atoms in total. The lowest BCUT2D eigenvalue weighted by Gasteiger charge is -2.30. The zero-order valence-electron chi connectivity index (χ0n) is 17.9. The first-order valence-corrected chi connectivity index (χ1v) is 12.9. The van der Waals surface area contributed by atoms with Gasteiger partial charge in [0.15, 0.2) is 0 Å². The third kappa shape index (κ3) is 3.79. The van der Waals surface area contributed by atoms with Crippen LogP contribution in [0.4, 0.5) is 14.7 Å². The monoisotopic (exact) mass is 467 g/mol. The van der Waals surface area contributed by atoms with Crippen molar-refractivity contribution in [1.82, 2.24) is 18.8 Å². The van der Waals surface area contributed by atoms with Gasteiger partial charge in [0.05, 0.1) is 11.8 Å². The fourth-order valence-corrected chi connectivity index (χ4v) is 6.31. The van der Waals surface area contributed by atoms with E-state index in [4.69, 9.17) is 0 Å². The zero-order chi connectivity index (χ0) is 22.7. The summed E-state index contributed by atoms with van der Waals surface area (Å²) in [5.74, 6) is 0.330. The first-order valence-electron chi connectivity index (χ1n) is 11.1.